The average Bonchev–Trinajstić information content (AvgIpc) is 2.44. The fourth-order valence-electron chi connectivity index (χ4n) is 2.65. The van der Waals surface area contributed by atoms with Gasteiger partial charge < -0.3 is 10.2 Å². The Labute approximate surface area is 129 Å². The second-order valence-corrected chi connectivity index (χ2v) is 5.67. The van der Waals surface area contributed by atoms with Gasteiger partial charge in [0, 0.05) is 11.1 Å². The van der Waals surface area contributed by atoms with Gasteiger partial charge in [0.05, 0.1) is 0 Å². The van der Waals surface area contributed by atoms with Crippen LogP contribution in [-0.4, -0.2) is 31.1 Å². The lowest BCUT2D eigenvalue weighted by atomic mass is 10.0. The van der Waals surface area contributed by atoms with Crippen molar-refractivity contribution in [3.05, 3.63) is 34.9 Å². The summed E-state index contributed by atoms with van der Waals surface area (Å²) < 4.78 is 0. The zero-order valence-electron chi connectivity index (χ0n) is 13.2. The molecule has 0 fully saturated rings. The lowest BCUT2D eigenvalue weighted by Gasteiger charge is -2.25. The van der Waals surface area contributed by atoms with Crippen molar-refractivity contribution in [3.8, 4) is 0 Å². The van der Waals surface area contributed by atoms with Crippen LogP contribution in [0.4, 0.5) is 0 Å². The van der Waals surface area contributed by atoms with Crippen LogP contribution in [0.15, 0.2) is 24.3 Å². The van der Waals surface area contributed by atoms with Crippen molar-refractivity contribution in [2.45, 2.75) is 46.1 Å². The molecule has 0 bridgehead atoms. The summed E-state index contributed by atoms with van der Waals surface area (Å²) >= 11 is 6.34. The van der Waals surface area contributed by atoms with Gasteiger partial charge in [-0.25, -0.2) is 0 Å². The van der Waals surface area contributed by atoms with Crippen LogP contribution < -0.4 is 5.32 Å². The number of rotatable bonds is 10. The van der Waals surface area contributed by atoms with Crippen LogP contribution in [0.5, 0.6) is 0 Å². The van der Waals surface area contributed by atoms with E-state index in [1.165, 1.54) is 31.5 Å². The molecule has 0 spiro atoms. The molecule has 1 unspecified atom stereocenters. The van der Waals surface area contributed by atoms with E-state index in [0.717, 1.165) is 24.5 Å². The van der Waals surface area contributed by atoms with Gasteiger partial charge in [0.15, 0.2) is 0 Å². The van der Waals surface area contributed by atoms with Crippen molar-refractivity contribution in [1.29, 1.82) is 0 Å². The van der Waals surface area contributed by atoms with E-state index in [1.54, 1.807) is 0 Å². The molecule has 0 saturated heterocycles. The lowest BCUT2D eigenvalue weighted by Crippen LogP contribution is -2.31. The molecule has 1 aromatic carbocycles. The number of nitrogens with zero attached hydrogens (tertiary/aromatic N) is 1. The van der Waals surface area contributed by atoms with Gasteiger partial charge in [-0.15, -0.1) is 0 Å². The second kappa shape index (κ2) is 10.2. The van der Waals surface area contributed by atoms with E-state index < -0.39 is 0 Å². The molecule has 0 aliphatic rings. The van der Waals surface area contributed by atoms with E-state index in [9.17, 15) is 0 Å². The fourth-order valence-corrected chi connectivity index (χ4v) is 2.92. The maximum Gasteiger partial charge on any atom is 0.0453 e. The highest BCUT2D eigenvalue weighted by atomic mass is 35.5. The third-order valence-electron chi connectivity index (χ3n) is 3.54. The maximum atomic E-state index is 6.34. The predicted octanol–water partition coefficient (Wildman–Crippen LogP) is 4.50. The van der Waals surface area contributed by atoms with Gasteiger partial charge in [0.2, 0.25) is 0 Å². The van der Waals surface area contributed by atoms with Crippen LogP contribution in [0.3, 0.4) is 0 Å². The molecule has 0 aliphatic heterocycles. The molecule has 0 amide bonds. The van der Waals surface area contributed by atoms with Gasteiger partial charge in [-0.05, 0) is 57.1 Å². The highest BCUT2D eigenvalue weighted by molar-refractivity contribution is 6.31. The standard InChI is InChI=1S/C17H29ClN2/c1-4-12-20(13-5-2)14-11-17(19-6-3)15-9-7-8-10-16(15)18/h7-10,17,19H,4-6,11-14H2,1-3H3. The first-order valence-electron chi connectivity index (χ1n) is 7.93. The molecule has 0 heterocycles. The quantitative estimate of drug-likeness (QED) is 0.684. The van der Waals surface area contributed by atoms with Gasteiger partial charge >= 0.3 is 0 Å². The van der Waals surface area contributed by atoms with Crippen molar-refractivity contribution in [3.63, 3.8) is 0 Å². The highest BCUT2D eigenvalue weighted by Gasteiger charge is 2.14. The molecule has 0 aromatic heterocycles. The van der Waals surface area contributed by atoms with E-state index in [4.69, 9.17) is 11.6 Å². The van der Waals surface area contributed by atoms with Crippen molar-refractivity contribution < 1.29 is 0 Å². The minimum atomic E-state index is 0.352. The second-order valence-electron chi connectivity index (χ2n) is 5.26. The van der Waals surface area contributed by atoms with E-state index in [-0.39, 0.29) is 0 Å². The van der Waals surface area contributed by atoms with Gasteiger partial charge in [-0.3, -0.25) is 0 Å². The van der Waals surface area contributed by atoms with Crippen molar-refractivity contribution in [2.24, 2.45) is 0 Å². The Morgan fingerprint density at radius 3 is 2.25 bits per heavy atom. The Kier molecular flexibility index (Phi) is 8.92. The summed E-state index contributed by atoms with van der Waals surface area (Å²) in [6, 6.07) is 8.54. The fraction of sp³-hybridized carbons (Fsp3) is 0.647. The summed E-state index contributed by atoms with van der Waals surface area (Å²) in [5.41, 5.74) is 1.23. The SMILES string of the molecule is CCCN(CCC)CCC(NCC)c1ccccc1Cl. The Balaban J connectivity index is 2.65. The monoisotopic (exact) mass is 296 g/mol. The molecule has 1 N–H and O–H groups in total. The molecule has 114 valence electrons. The summed E-state index contributed by atoms with van der Waals surface area (Å²) in [7, 11) is 0. The Morgan fingerprint density at radius 2 is 1.70 bits per heavy atom. The molecule has 0 aliphatic carbocycles. The molecular formula is C17H29ClN2. The van der Waals surface area contributed by atoms with Crippen LogP contribution in [0.25, 0.3) is 0 Å². The van der Waals surface area contributed by atoms with Gasteiger partial charge in [0.1, 0.15) is 0 Å². The molecule has 20 heavy (non-hydrogen) atoms. The van der Waals surface area contributed by atoms with Crippen LogP contribution in [0.2, 0.25) is 5.02 Å². The van der Waals surface area contributed by atoms with Crippen LogP contribution in [0.1, 0.15) is 51.6 Å². The molecule has 1 rings (SSSR count). The molecule has 3 heteroatoms. The van der Waals surface area contributed by atoms with E-state index >= 15 is 0 Å². The summed E-state index contributed by atoms with van der Waals surface area (Å²) in [6.07, 6.45) is 3.55. The third-order valence-corrected chi connectivity index (χ3v) is 3.89. The van der Waals surface area contributed by atoms with Crippen LogP contribution in [0, 0.1) is 0 Å². The summed E-state index contributed by atoms with van der Waals surface area (Å²) in [5, 5.41) is 4.44. The molecule has 1 aromatic rings. The topological polar surface area (TPSA) is 15.3 Å². The van der Waals surface area contributed by atoms with Gasteiger partial charge in [-0.1, -0.05) is 50.6 Å². The zero-order valence-corrected chi connectivity index (χ0v) is 13.9. The van der Waals surface area contributed by atoms with Crippen molar-refractivity contribution >= 4 is 11.6 Å². The Hall–Kier alpha value is -0.570. The van der Waals surface area contributed by atoms with E-state index in [1.807, 2.05) is 12.1 Å². The molecule has 0 radical (unpaired) electrons. The molecule has 2 nitrogen and oxygen atoms in total. The number of hydrogen-bond acceptors (Lipinski definition) is 2. The maximum absolute atomic E-state index is 6.34. The Bertz CT molecular complexity index is 362. The minimum absolute atomic E-state index is 0.352. The average molecular weight is 297 g/mol. The first-order valence-corrected chi connectivity index (χ1v) is 8.30. The molecular weight excluding hydrogens is 268 g/mol. The van der Waals surface area contributed by atoms with E-state index in [0.29, 0.717) is 6.04 Å². The van der Waals surface area contributed by atoms with E-state index in [2.05, 4.69) is 43.1 Å². The largest absolute Gasteiger partial charge is 0.310 e. The Morgan fingerprint density at radius 1 is 1.05 bits per heavy atom. The van der Waals surface area contributed by atoms with Crippen molar-refractivity contribution in [2.75, 3.05) is 26.2 Å². The lowest BCUT2D eigenvalue weighted by molar-refractivity contribution is 0.258. The normalized spacial score (nSPS) is 12.8. The molecule has 1 atom stereocenters. The van der Waals surface area contributed by atoms with Crippen LogP contribution >= 0.6 is 11.6 Å². The number of halogens is 1. The number of benzene rings is 1. The number of nitrogens with one attached hydrogen (secondary N) is 1. The number of hydrogen-bond donors (Lipinski definition) is 1. The minimum Gasteiger partial charge on any atom is -0.310 e. The summed E-state index contributed by atoms with van der Waals surface area (Å²) in [5.74, 6) is 0. The highest BCUT2D eigenvalue weighted by Crippen LogP contribution is 2.25. The molecule has 0 saturated carbocycles. The van der Waals surface area contributed by atoms with Crippen molar-refractivity contribution in [1.82, 2.24) is 10.2 Å². The summed E-state index contributed by atoms with van der Waals surface area (Å²) in [4.78, 5) is 2.56. The third kappa shape index (κ3) is 5.82. The zero-order chi connectivity index (χ0) is 14.8. The van der Waals surface area contributed by atoms with Crippen LogP contribution in [-0.2, 0) is 0 Å². The first-order chi connectivity index (χ1) is 9.72. The predicted molar refractivity (Wildman–Crippen MR) is 89.5 cm³/mol. The van der Waals surface area contributed by atoms with Gasteiger partial charge in [0.25, 0.3) is 0 Å². The smallest absolute Gasteiger partial charge is 0.0453 e. The first kappa shape index (κ1) is 17.5. The van der Waals surface area contributed by atoms with Gasteiger partial charge in [-0.2, -0.15) is 0 Å². The summed E-state index contributed by atoms with van der Waals surface area (Å²) in [6.45, 7) is 11.1.